The van der Waals surface area contributed by atoms with Crippen molar-refractivity contribution in [2.24, 2.45) is 0 Å². The van der Waals surface area contributed by atoms with Crippen LogP contribution < -0.4 is 5.32 Å². The van der Waals surface area contributed by atoms with Crippen LogP contribution in [-0.4, -0.2) is 20.9 Å². The summed E-state index contributed by atoms with van der Waals surface area (Å²) in [5.41, 5.74) is 2.75. The molecule has 2 aromatic heterocycles. The third-order valence-electron chi connectivity index (χ3n) is 3.98. The summed E-state index contributed by atoms with van der Waals surface area (Å²) in [5.74, 6) is -0.567. The number of nitrogens with one attached hydrogen (secondary N) is 1. The molecule has 4 aromatic rings. The van der Waals surface area contributed by atoms with Gasteiger partial charge in [0.05, 0.1) is 22.9 Å². The summed E-state index contributed by atoms with van der Waals surface area (Å²) in [6.45, 7) is 0. The van der Waals surface area contributed by atoms with Crippen LogP contribution in [0.3, 0.4) is 0 Å². The lowest BCUT2D eigenvalue weighted by Gasteiger charge is -1.99. The molecule has 1 N–H and O–H groups in total. The maximum Gasteiger partial charge on any atom is 0.250 e. The van der Waals surface area contributed by atoms with E-state index in [1.54, 1.807) is 36.7 Å². The molecule has 4 rings (SSSR count). The molecule has 0 bridgehead atoms. The van der Waals surface area contributed by atoms with E-state index in [0.29, 0.717) is 22.8 Å². The van der Waals surface area contributed by atoms with E-state index in [-0.39, 0.29) is 11.7 Å². The number of rotatable bonds is 5. The van der Waals surface area contributed by atoms with Gasteiger partial charge in [-0.25, -0.2) is 14.4 Å². The molecule has 0 aliphatic heterocycles. The smallest absolute Gasteiger partial charge is 0.250 e. The number of carbonyl (C=O) groups is 1. The summed E-state index contributed by atoms with van der Waals surface area (Å²) in [6, 6.07) is 14.1. The molecule has 138 valence electrons. The zero-order chi connectivity index (χ0) is 19.3. The first-order chi connectivity index (χ1) is 13.7. The zero-order valence-corrected chi connectivity index (χ0v) is 15.5. The van der Waals surface area contributed by atoms with E-state index < -0.39 is 0 Å². The highest BCUT2D eigenvalue weighted by Gasteiger charge is 2.08. The number of hydrogen-bond donors (Lipinski definition) is 1. The molecule has 28 heavy (non-hydrogen) atoms. The van der Waals surface area contributed by atoms with E-state index in [2.05, 4.69) is 20.3 Å². The second-order valence-corrected chi connectivity index (χ2v) is 7.12. The van der Waals surface area contributed by atoms with Crippen LogP contribution in [0.25, 0.3) is 17.1 Å². The van der Waals surface area contributed by atoms with Gasteiger partial charge >= 0.3 is 0 Å². The summed E-state index contributed by atoms with van der Waals surface area (Å²) in [5, 5.41) is 3.17. The standard InChI is InChI=1S/C21H15FN4OS/c22-17-6-2-1-5-14(17)11-16-13-24-21(28-16)26-20(27)10-9-15-12-23-18-7-3-4-8-19(18)25-15/h1-10,12-13H,11H2,(H,24,26,27)/b10-9+. The Bertz CT molecular complexity index is 1170. The van der Waals surface area contributed by atoms with Crippen LogP contribution >= 0.6 is 11.3 Å². The zero-order valence-electron chi connectivity index (χ0n) is 14.7. The molecular weight excluding hydrogens is 375 g/mol. The fraction of sp³-hybridized carbons (Fsp3) is 0.0476. The van der Waals surface area contributed by atoms with Crippen LogP contribution in [0.1, 0.15) is 16.1 Å². The number of thiazole rings is 1. The van der Waals surface area contributed by atoms with Crippen molar-refractivity contribution in [2.75, 3.05) is 5.32 Å². The fourth-order valence-electron chi connectivity index (χ4n) is 2.64. The van der Waals surface area contributed by atoms with Crippen LogP contribution in [0.4, 0.5) is 9.52 Å². The van der Waals surface area contributed by atoms with Crippen LogP contribution in [0.15, 0.2) is 67.0 Å². The van der Waals surface area contributed by atoms with Gasteiger partial charge in [0.2, 0.25) is 5.91 Å². The molecule has 0 saturated heterocycles. The van der Waals surface area contributed by atoms with Crippen molar-refractivity contribution in [3.63, 3.8) is 0 Å². The third-order valence-corrected chi connectivity index (χ3v) is 4.89. The average molecular weight is 390 g/mol. The summed E-state index contributed by atoms with van der Waals surface area (Å²) in [4.78, 5) is 25.9. The Kier molecular flexibility index (Phi) is 5.16. The minimum Gasteiger partial charge on any atom is -0.298 e. The van der Waals surface area contributed by atoms with Crippen molar-refractivity contribution in [3.05, 3.63) is 89.0 Å². The van der Waals surface area contributed by atoms with Gasteiger partial charge in [0, 0.05) is 23.6 Å². The monoisotopic (exact) mass is 390 g/mol. The average Bonchev–Trinajstić information content (AvgIpc) is 3.15. The van der Waals surface area contributed by atoms with Crippen molar-refractivity contribution >= 4 is 39.5 Å². The largest absolute Gasteiger partial charge is 0.298 e. The lowest BCUT2D eigenvalue weighted by molar-refractivity contribution is -0.111. The first kappa shape index (κ1) is 17.9. The number of fused-ring (bicyclic) bond motifs is 1. The Morgan fingerprint density at radius 3 is 2.68 bits per heavy atom. The number of amides is 1. The van der Waals surface area contributed by atoms with Crippen molar-refractivity contribution < 1.29 is 9.18 Å². The molecule has 0 spiro atoms. The van der Waals surface area contributed by atoms with E-state index in [1.165, 1.54) is 23.5 Å². The van der Waals surface area contributed by atoms with Gasteiger partial charge in [-0.3, -0.25) is 15.1 Å². The molecule has 0 unspecified atom stereocenters. The second kappa shape index (κ2) is 8.06. The molecule has 0 atom stereocenters. The number of nitrogens with zero attached hydrogens (tertiary/aromatic N) is 3. The predicted molar refractivity (Wildman–Crippen MR) is 109 cm³/mol. The summed E-state index contributed by atoms with van der Waals surface area (Å²) >= 11 is 1.32. The molecule has 2 heterocycles. The summed E-state index contributed by atoms with van der Waals surface area (Å²) in [7, 11) is 0. The third kappa shape index (κ3) is 4.27. The van der Waals surface area contributed by atoms with Crippen LogP contribution in [0.2, 0.25) is 0 Å². The van der Waals surface area contributed by atoms with E-state index in [9.17, 15) is 9.18 Å². The normalized spacial score (nSPS) is 11.2. The summed E-state index contributed by atoms with van der Waals surface area (Å²) < 4.78 is 13.7. The van der Waals surface area contributed by atoms with Gasteiger partial charge in [0.25, 0.3) is 0 Å². The van der Waals surface area contributed by atoms with Gasteiger partial charge in [-0.1, -0.05) is 30.3 Å². The number of anilines is 1. The van der Waals surface area contributed by atoms with Gasteiger partial charge in [-0.05, 0) is 29.8 Å². The van der Waals surface area contributed by atoms with Crippen LogP contribution in [0, 0.1) is 5.82 Å². The first-order valence-corrected chi connectivity index (χ1v) is 9.38. The van der Waals surface area contributed by atoms with Crippen molar-refractivity contribution in [1.82, 2.24) is 15.0 Å². The summed E-state index contributed by atoms with van der Waals surface area (Å²) in [6.07, 6.45) is 6.68. The number of benzene rings is 2. The molecule has 2 aromatic carbocycles. The highest BCUT2D eigenvalue weighted by Crippen LogP contribution is 2.22. The van der Waals surface area contributed by atoms with Gasteiger partial charge in [-0.15, -0.1) is 11.3 Å². The van der Waals surface area contributed by atoms with Gasteiger partial charge in [0.1, 0.15) is 5.82 Å². The van der Waals surface area contributed by atoms with Crippen LogP contribution in [-0.2, 0) is 11.2 Å². The maximum absolute atomic E-state index is 13.7. The maximum atomic E-state index is 13.7. The SMILES string of the molecule is O=C(/C=C/c1cnc2ccccc2n1)Nc1ncc(Cc2ccccc2F)s1. The number of carbonyl (C=O) groups excluding carboxylic acids is 1. The molecule has 0 saturated carbocycles. The minimum atomic E-state index is -0.318. The highest BCUT2D eigenvalue weighted by molar-refractivity contribution is 7.15. The van der Waals surface area contributed by atoms with E-state index in [1.807, 2.05) is 24.3 Å². The molecule has 0 aliphatic carbocycles. The number of halogens is 1. The quantitative estimate of drug-likeness (QED) is 0.511. The molecular formula is C21H15FN4OS. The Morgan fingerprint density at radius 2 is 1.82 bits per heavy atom. The van der Waals surface area contributed by atoms with Gasteiger partial charge in [0.15, 0.2) is 5.13 Å². The molecule has 0 aliphatic rings. The van der Waals surface area contributed by atoms with E-state index in [0.717, 1.165) is 15.9 Å². The van der Waals surface area contributed by atoms with Crippen molar-refractivity contribution in [3.8, 4) is 0 Å². The Labute approximate surface area is 164 Å². The molecule has 1 amide bonds. The first-order valence-electron chi connectivity index (χ1n) is 8.56. The number of hydrogen-bond acceptors (Lipinski definition) is 5. The Hall–Kier alpha value is -3.45. The molecule has 0 radical (unpaired) electrons. The highest BCUT2D eigenvalue weighted by atomic mass is 32.1. The molecule has 0 fully saturated rings. The molecule has 5 nitrogen and oxygen atoms in total. The Morgan fingerprint density at radius 1 is 1.04 bits per heavy atom. The van der Waals surface area contributed by atoms with Crippen molar-refractivity contribution in [2.45, 2.75) is 6.42 Å². The lowest BCUT2D eigenvalue weighted by Crippen LogP contribution is -2.07. The van der Waals surface area contributed by atoms with Crippen LogP contribution in [0.5, 0.6) is 0 Å². The number of aromatic nitrogens is 3. The molecule has 7 heteroatoms. The lowest BCUT2D eigenvalue weighted by atomic mass is 10.1. The van der Waals surface area contributed by atoms with E-state index in [4.69, 9.17) is 0 Å². The van der Waals surface area contributed by atoms with Gasteiger partial charge < -0.3 is 0 Å². The van der Waals surface area contributed by atoms with Gasteiger partial charge in [-0.2, -0.15) is 0 Å². The topological polar surface area (TPSA) is 67.8 Å². The number of para-hydroxylation sites is 2. The fourth-order valence-corrected chi connectivity index (χ4v) is 3.47. The van der Waals surface area contributed by atoms with Crippen molar-refractivity contribution in [1.29, 1.82) is 0 Å². The Balaban J connectivity index is 1.40. The minimum absolute atomic E-state index is 0.249. The van der Waals surface area contributed by atoms with E-state index >= 15 is 0 Å². The second-order valence-electron chi connectivity index (χ2n) is 6.01. The predicted octanol–water partition coefficient (Wildman–Crippen LogP) is 4.47.